The third-order valence-electron chi connectivity index (χ3n) is 4.96. The van der Waals surface area contributed by atoms with Crippen LogP contribution in [-0.4, -0.2) is 15.5 Å². The highest BCUT2D eigenvalue weighted by Crippen LogP contribution is 2.29. The van der Waals surface area contributed by atoms with Gasteiger partial charge in [-0.3, -0.25) is 9.78 Å². The Kier molecular flexibility index (Phi) is 6.05. The van der Waals surface area contributed by atoms with Crippen molar-refractivity contribution in [2.45, 2.75) is 13.5 Å². The molecule has 5 nitrogen and oxygen atoms in total. The molecule has 0 fully saturated rings. The molecule has 6 heteroatoms. The topological polar surface area (TPSA) is 56.2 Å². The lowest BCUT2D eigenvalue weighted by Crippen LogP contribution is -2.23. The van der Waals surface area contributed by atoms with Gasteiger partial charge in [-0.05, 0) is 48.9 Å². The maximum absolute atomic E-state index is 12.8. The Balaban J connectivity index is 1.50. The van der Waals surface area contributed by atoms with Gasteiger partial charge in [-0.2, -0.15) is 0 Å². The number of halogens is 1. The first-order chi connectivity index (χ1) is 15.0. The van der Waals surface area contributed by atoms with Crippen molar-refractivity contribution in [3.8, 4) is 22.8 Å². The SMILES string of the molecule is Cc1c(Oc2ccnc(-c3ccn(C)c3)c2)cccc1C(=O)NCc1cccc(Cl)c1. The van der Waals surface area contributed by atoms with Crippen LogP contribution >= 0.6 is 11.6 Å². The lowest BCUT2D eigenvalue weighted by Gasteiger charge is -2.13. The van der Waals surface area contributed by atoms with E-state index in [1.54, 1.807) is 24.4 Å². The monoisotopic (exact) mass is 431 g/mol. The Labute approximate surface area is 186 Å². The van der Waals surface area contributed by atoms with Gasteiger partial charge in [0.2, 0.25) is 0 Å². The zero-order valence-electron chi connectivity index (χ0n) is 17.3. The third kappa shape index (κ3) is 4.95. The minimum Gasteiger partial charge on any atom is -0.457 e. The summed E-state index contributed by atoms with van der Waals surface area (Å²) in [6.45, 7) is 2.28. The molecule has 2 aromatic heterocycles. The molecule has 1 N–H and O–H groups in total. The van der Waals surface area contributed by atoms with Crippen LogP contribution in [-0.2, 0) is 13.6 Å². The number of hydrogen-bond donors (Lipinski definition) is 1. The number of carbonyl (C=O) groups excluding carboxylic acids is 1. The first-order valence-electron chi connectivity index (χ1n) is 9.88. The Bertz CT molecular complexity index is 1230. The van der Waals surface area contributed by atoms with Crippen LogP contribution in [0.5, 0.6) is 11.5 Å². The summed E-state index contributed by atoms with van der Waals surface area (Å²) < 4.78 is 8.08. The zero-order valence-corrected chi connectivity index (χ0v) is 18.1. The summed E-state index contributed by atoms with van der Waals surface area (Å²) >= 11 is 6.02. The molecule has 156 valence electrons. The average Bonchev–Trinajstić information content (AvgIpc) is 3.20. The van der Waals surface area contributed by atoms with Crippen LogP contribution < -0.4 is 10.1 Å². The van der Waals surface area contributed by atoms with E-state index in [1.807, 2.05) is 73.4 Å². The summed E-state index contributed by atoms with van der Waals surface area (Å²) in [6, 6.07) is 18.6. The highest BCUT2D eigenvalue weighted by Gasteiger charge is 2.13. The summed E-state index contributed by atoms with van der Waals surface area (Å²) in [4.78, 5) is 17.2. The first-order valence-corrected chi connectivity index (χ1v) is 10.3. The minimum atomic E-state index is -0.164. The number of rotatable bonds is 6. The fourth-order valence-corrected chi connectivity index (χ4v) is 3.52. The Morgan fingerprint density at radius 2 is 1.97 bits per heavy atom. The van der Waals surface area contributed by atoms with Crippen LogP contribution in [0.4, 0.5) is 0 Å². The standard InChI is InChI=1S/C25H22ClN3O2/c1-17-22(25(30)28-15-18-5-3-6-20(26)13-18)7-4-8-24(17)31-21-9-11-27-23(14-21)19-10-12-29(2)16-19/h3-14,16H,15H2,1-2H3,(H,28,30). The van der Waals surface area contributed by atoms with Crippen LogP contribution in [0.25, 0.3) is 11.3 Å². The molecule has 0 aliphatic rings. The van der Waals surface area contributed by atoms with Crippen LogP contribution in [0.1, 0.15) is 21.5 Å². The van der Waals surface area contributed by atoms with Crippen molar-refractivity contribution in [1.82, 2.24) is 14.9 Å². The van der Waals surface area contributed by atoms with E-state index in [1.165, 1.54) is 0 Å². The van der Waals surface area contributed by atoms with E-state index in [2.05, 4.69) is 10.3 Å². The quantitative estimate of drug-likeness (QED) is 0.421. The average molecular weight is 432 g/mol. The molecular weight excluding hydrogens is 410 g/mol. The number of nitrogens with zero attached hydrogens (tertiary/aromatic N) is 2. The number of carbonyl (C=O) groups is 1. The van der Waals surface area contributed by atoms with Gasteiger partial charge >= 0.3 is 0 Å². The van der Waals surface area contributed by atoms with Crippen molar-refractivity contribution in [2.24, 2.45) is 7.05 Å². The lowest BCUT2D eigenvalue weighted by molar-refractivity contribution is 0.0950. The molecule has 0 saturated heterocycles. The Morgan fingerprint density at radius 3 is 2.74 bits per heavy atom. The minimum absolute atomic E-state index is 0.164. The second-order valence-electron chi connectivity index (χ2n) is 7.29. The third-order valence-corrected chi connectivity index (χ3v) is 5.19. The molecule has 1 amide bonds. The van der Waals surface area contributed by atoms with Gasteiger partial charge < -0.3 is 14.6 Å². The van der Waals surface area contributed by atoms with Crippen molar-refractivity contribution < 1.29 is 9.53 Å². The number of benzene rings is 2. The molecule has 0 bridgehead atoms. The van der Waals surface area contributed by atoms with E-state index in [4.69, 9.17) is 16.3 Å². The predicted octanol–water partition coefficient (Wildman–Crippen LogP) is 5.77. The van der Waals surface area contributed by atoms with E-state index in [-0.39, 0.29) is 5.91 Å². The van der Waals surface area contributed by atoms with Crippen LogP contribution in [0.2, 0.25) is 5.02 Å². The molecule has 0 aliphatic carbocycles. The molecule has 0 saturated carbocycles. The van der Waals surface area contributed by atoms with Gasteiger partial charge in [-0.1, -0.05) is 29.8 Å². The highest BCUT2D eigenvalue weighted by atomic mass is 35.5. The molecule has 0 atom stereocenters. The molecule has 2 aromatic carbocycles. The van der Waals surface area contributed by atoms with E-state index >= 15 is 0 Å². The number of nitrogens with one attached hydrogen (secondary N) is 1. The number of aromatic nitrogens is 2. The van der Waals surface area contributed by atoms with Crippen molar-refractivity contribution in [1.29, 1.82) is 0 Å². The van der Waals surface area contributed by atoms with Crippen molar-refractivity contribution in [3.05, 3.63) is 101 Å². The smallest absolute Gasteiger partial charge is 0.251 e. The molecular formula is C25H22ClN3O2. The number of ether oxygens (including phenoxy) is 1. The molecule has 0 aliphatic heterocycles. The molecule has 4 rings (SSSR count). The van der Waals surface area contributed by atoms with Gasteiger partial charge in [0.25, 0.3) is 5.91 Å². The molecule has 0 radical (unpaired) electrons. The maximum atomic E-state index is 12.8. The normalized spacial score (nSPS) is 10.7. The fourth-order valence-electron chi connectivity index (χ4n) is 3.31. The summed E-state index contributed by atoms with van der Waals surface area (Å²) in [5.74, 6) is 1.12. The van der Waals surface area contributed by atoms with Gasteiger partial charge in [-0.15, -0.1) is 0 Å². The van der Waals surface area contributed by atoms with Crippen LogP contribution in [0.3, 0.4) is 0 Å². The van der Waals surface area contributed by atoms with Crippen molar-refractivity contribution in [3.63, 3.8) is 0 Å². The molecule has 4 aromatic rings. The van der Waals surface area contributed by atoms with Crippen LogP contribution in [0, 0.1) is 6.92 Å². The van der Waals surface area contributed by atoms with E-state index in [9.17, 15) is 4.79 Å². The van der Waals surface area contributed by atoms with E-state index < -0.39 is 0 Å². The second-order valence-corrected chi connectivity index (χ2v) is 7.72. The van der Waals surface area contributed by atoms with Crippen LogP contribution in [0.15, 0.2) is 79.3 Å². The van der Waals surface area contributed by atoms with Crippen molar-refractivity contribution in [2.75, 3.05) is 0 Å². The van der Waals surface area contributed by atoms with Gasteiger partial charge in [0.05, 0.1) is 5.69 Å². The lowest BCUT2D eigenvalue weighted by atomic mass is 10.1. The van der Waals surface area contributed by atoms with Gasteiger partial charge in [0.15, 0.2) is 0 Å². The molecule has 0 unspecified atom stereocenters. The maximum Gasteiger partial charge on any atom is 0.251 e. The summed E-state index contributed by atoms with van der Waals surface area (Å²) in [6.07, 6.45) is 5.69. The van der Waals surface area contributed by atoms with E-state index in [0.717, 1.165) is 22.4 Å². The Morgan fingerprint density at radius 1 is 1.13 bits per heavy atom. The largest absolute Gasteiger partial charge is 0.457 e. The number of pyridine rings is 1. The highest BCUT2D eigenvalue weighted by molar-refractivity contribution is 6.30. The summed E-state index contributed by atoms with van der Waals surface area (Å²) in [5, 5.41) is 3.59. The van der Waals surface area contributed by atoms with Gasteiger partial charge in [0.1, 0.15) is 11.5 Å². The Hall–Kier alpha value is -3.57. The summed E-state index contributed by atoms with van der Waals surface area (Å²) in [7, 11) is 1.97. The molecule has 2 heterocycles. The predicted molar refractivity (Wildman–Crippen MR) is 123 cm³/mol. The van der Waals surface area contributed by atoms with Gasteiger partial charge in [0, 0.05) is 60.0 Å². The number of hydrogen-bond acceptors (Lipinski definition) is 3. The van der Waals surface area contributed by atoms with E-state index in [0.29, 0.717) is 28.6 Å². The van der Waals surface area contributed by atoms with Crippen molar-refractivity contribution >= 4 is 17.5 Å². The zero-order chi connectivity index (χ0) is 21.8. The fraction of sp³-hybridized carbons (Fsp3) is 0.120. The summed E-state index contributed by atoms with van der Waals surface area (Å²) in [5.41, 5.74) is 4.11. The second kappa shape index (κ2) is 9.06. The molecule has 31 heavy (non-hydrogen) atoms. The number of aryl methyl sites for hydroxylation is 1. The first kappa shape index (κ1) is 20.7. The van der Waals surface area contributed by atoms with Gasteiger partial charge in [-0.25, -0.2) is 0 Å². The molecule has 0 spiro atoms. The number of amides is 1.